The lowest BCUT2D eigenvalue weighted by Crippen LogP contribution is -2.10. The number of nitrogens with zero attached hydrogens (tertiary/aromatic N) is 2. The Labute approximate surface area is 146 Å². The lowest BCUT2D eigenvalue weighted by molar-refractivity contribution is 0.482. The van der Waals surface area contributed by atoms with Gasteiger partial charge in [-0.1, -0.05) is 30.3 Å². The van der Waals surface area contributed by atoms with Crippen LogP contribution in [0, 0.1) is 0 Å². The van der Waals surface area contributed by atoms with Crippen LogP contribution in [0.15, 0.2) is 75.2 Å². The van der Waals surface area contributed by atoms with E-state index in [0.717, 1.165) is 11.3 Å². The molecule has 0 aliphatic rings. The van der Waals surface area contributed by atoms with E-state index in [1.165, 1.54) is 6.20 Å². The SMILES string of the molecule is O=c1[nH]ncc(N/N=C/c2cccc(Oc3ccccc3)c2)c1Br. The maximum Gasteiger partial charge on any atom is 0.280 e. The van der Waals surface area contributed by atoms with Crippen LogP contribution in [-0.2, 0) is 0 Å². The molecule has 0 saturated carbocycles. The van der Waals surface area contributed by atoms with Crippen LogP contribution in [0.2, 0.25) is 0 Å². The van der Waals surface area contributed by atoms with E-state index in [1.54, 1.807) is 6.21 Å². The monoisotopic (exact) mass is 384 g/mol. The smallest absolute Gasteiger partial charge is 0.280 e. The molecule has 24 heavy (non-hydrogen) atoms. The highest BCUT2D eigenvalue weighted by molar-refractivity contribution is 9.10. The van der Waals surface area contributed by atoms with Crippen molar-refractivity contribution in [3.63, 3.8) is 0 Å². The van der Waals surface area contributed by atoms with Crippen LogP contribution in [0.3, 0.4) is 0 Å². The maximum absolute atomic E-state index is 11.4. The molecular formula is C17H13BrN4O2. The van der Waals surface area contributed by atoms with Crippen molar-refractivity contribution in [2.24, 2.45) is 5.10 Å². The molecule has 2 aromatic carbocycles. The van der Waals surface area contributed by atoms with Crippen molar-refractivity contribution < 1.29 is 4.74 Å². The molecule has 0 amide bonds. The second-order valence-corrected chi connectivity index (χ2v) is 5.58. The molecule has 6 nitrogen and oxygen atoms in total. The number of para-hydroxylation sites is 1. The lowest BCUT2D eigenvalue weighted by atomic mass is 10.2. The molecule has 0 bridgehead atoms. The van der Waals surface area contributed by atoms with E-state index in [2.05, 4.69) is 36.7 Å². The number of anilines is 1. The first-order chi connectivity index (χ1) is 11.7. The standard InChI is InChI=1S/C17H13BrN4O2/c18-16-15(11-20-22-17(16)23)21-19-10-12-5-4-8-14(9-12)24-13-6-2-1-3-7-13/h1-11H,(H2,21,22,23)/b19-10+. The minimum Gasteiger partial charge on any atom is -0.457 e. The van der Waals surface area contributed by atoms with Crippen LogP contribution >= 0.6 is 15.9 Å². The van der Waals surface area contributed by atoms with Gasteiger partial charge in [0.15, 0.2) is 0 Å². The van der Waals surface area contributed by atoms with E-state index in [4.69, 9.17) is 4.74 Å². The van der Waals surface area contributed by atoms with Crippen LogP contribution in [0.5, 0.6) is 11.5 Å². The van der Waals surface area contributed by atoms with Crippen molar-refractivity contribution in [1.82, 2.24) is 10.2 Å². The van der Waals surface area contributed by atoms with Gasteiger partial charge < -0.3 is 4.74 Å². The summed E-state index contributed by atoms with van der Waals surface area (Å²) in [5.41, 5.74) is 3.78. The molecule has 3 rings (SSSR count). The fraction of sp³-hybridized carbons (Fsp3) is 0. The summed E-state index contributed by atoms with van der Waals surface area (Å²) in [6.07, 6.45) is 3.10. The molecule has 3 aromatic rings. The number of hydrogen-bond donors (Lipinski definition) is 2. The first-order valence-corrected chi connectivity index (χ1v) is 7.87. The van der Waals surface area contributed by atoms with Crippen molar-refractivity contribution in [3.05, 3.63) is 81.2 Å². The molecule has 0 atom stereocenters. The number of hydrogen-bond acceptors (Lipinski definition) is 5. The third-order valence-electron chi connectivity index (χ3n) is 3.03. The predicted octanol–water partition coefficient (Wildman–Crippen LogP) is 3.77. The Hall–Kier alpha value is -2.93. The molecule has 0 aliphatic carbocycles. The second kappa shape index (κ2) is 7.56. The van der Waals surface area contributed by atoms with Gasteiger partial charge in [0.2, 0.25) is 0 Å². The Bertz CT molecular complexity index is 910. The molecule has 7 heteroatoms. The van der Waals surface area contributed by atoms with Crippen LogP contribution < -0.4 is 15.7 Å². The Morgan fingerprint density at radius 2 is 1.92 bits per heavy atom. The van der Waals surface area contributed by atoms with Gasteiger partial charge in [-0.2, -0.15) is 10.2 Å². The summed E-state index contributed by atoms with van der Waals surface area (Å²) in [5, 5.41) is 10.1. The Balaban J connectivity index is 1.70. The van der Waals surface area contributed by atoms with Gasteiger partial charge in [0, 0.05) is 0 Å². The third kappa shape index (κ3) is 4.08. The summed E-state index contributed by atoms with van der Waals surface area (Å²) in [4.78, 5) is 11.4. The van der Waals surface area contributed by atoms with Crippen LogP contribution in [0.25, 0.3) is 0 Å². The molecule has 2 N–H and O–H groups in total. The van der Waals surface area contributed by atoms with Crippen molar-refractivity contribution >= 4 is 27.8 Å². The average molecular weight is 385 g/mol. The lowest BCUT2D eigenvalue weighted by Gasteiger charge is -2.06. The fourth-order valence-electron chi connectivity index (χ4n) is 1.92. The second-order valence-electron chi connectivity index (χ2n) is 4.78. The molecule has 120 valence electrons. The number of ether oxygens (including phenoxy) is 1. The molecule has 0 spiro atoms. The largest absolute Gasteiger partial charge is 0.457 e. The molecule has 0 fully saturated rings. The van der Waals surface area contributed by atoms with Crippen LogP contribution in [-0.4, -0.2) is 16.4 Å². The summed E-state index contributed by atoms with van der Waals surface area (Å²) in [5.74, 6) is 1.48. The molecule has 1 heterocycles. The zero-order valence-electron chi connectivity index (χ0n) is 12.4. The zero-order valence-corrected chi connectivity index (χ0v) is 14.0. The van der Waals surface area contributed by atoms with E-state index in [9.17, 15) is 4.79 Å². The molecular weight excluding hydrogens is 372 g/mol. The van der Waals surface area contributed by atoms with E-state index in [0.29, 0.717) is 15.9 Å². The zero-order chi connectivity index (χ0) is 16.8. The quantitative estimate of drug-likeness (QED) is 0.518. The molecule has 0 aliphatic heterocycles. The van der Waals surface area contributed by atoms with Crippen LogP contribution in [0.1, 0.15) is 5.56 Å². The first-order valence-electron chi connectivity index (χ1n) is 7.07. The number of halogens is 1. The minimum absolute atomic E-state index is 0.326. The van der Waals surface area contributed by atoms with Gasteiger partial charge in [0.1, 0.15) is 16.0 Å². The number of H-pyrrole nitrogens is 1. The van der Waals surface area contributed by atoms with Gasteiger partial charge >= 0.3 is 0 Å². The predicted molar refractivity (Wildman–Crippen MR) is 96.7 cm³/mol. The number of nitrogens with one attached hydrogen (secondary N) is 2. The third-order valence-corrected chi connectivity index (χ3v) is 3.82. The van der Waals surface area contributed by atoms with Crippen LogP contribution in [0.4, 0.5) is 5.69 Å². The summed E-state index contributed by atoms with van der Waals surface area (Å²) < 4.78 is 6.12. The van der Waals surface area contributed by atoms with Gasteiger partial charge in [-0.25, -0.2) is 5.10 Å². The minimum atomic E-state index is -0.326. The Morgan fingerprint density at radius 1 is 1.12 bits per heavy atom. The molecule has 0 radical (unpaired) electrons. The van der Waals surface area contributed by atoms with Gasteiger partial charge in [-0.05, 0) is 45.8 Å². The van der Waals surface area contributed by atoms with Gasteiger partial charge in [0.25, 0.3) is 5.56 Å². The normalized spacial score (nSPS) is 10.7. The summed E-state index contributed by atoms with van der Waals surface area (Å²) in [6.45, 7) is 0. The number of aromatic nitrogens is 2. The number of rotatable bonds is 5. The highest BCUT2D eigenvalue weighted by Crippen LogP contribution is 2.21. The maximum atomic E-state index is 11.4. The molecule has 0 saturated heterocycles. The highest BCUT2D eigenvalue weighted by atomic mass is 79.9. The number of hydrazone groups is 1. The Morgan fingerprint density at radius 3 is 2.75 bits per heavy atom. The topological polar surface area (TPSA) is 79.4 Å². The van der Waals surface area contributed by atoms with Gasteiger partial charge in [-0.3, -0.25) is 10.2 Å². The number of benzene rings is 2. The van der Waals surface area contributed by atoms with Crippen molar-refractivity contribution in [2.75, 3.05) is 5.43 Å². The summed E-state index contributed by atoms with van der Waals surface area (Å²) in [7, 11) is 0. The summed E-state index contributed by atoms with van der Waals surface area (Å²) in [6, 6.07) is 17.1. The fourth-order valence-corrected chi connectivity index (χ4v) is 2.20. The van der Waals surface area contributed by atoms with Gasteiger partial charge in [0.05, 0.1) is 18.1 Å². The van der Waals surface area contributed by atoms with E-state index in [-0.39, 0.29) is 5.56 Å². The van der Waals surface area contributed by atoms with E-state index < -0.39 is 0 Å². The molecule has 0 unspecified atom stereocenters. The van der Waals surface area contributed by atoms with E-state index in [1.807, 2.05) is 54.6 Å². The summed E-state index contributed by atoms with van der Waals surface area (Å²) >= 11 is 3.18. The van der Waals surface area contributed by atoms with Gasteiger partial charge in [-0.15, -0.1) is 0 Å². The first kappa shape index (κ1) is 15.9. The van der Waals surface area contributed by atoms with E-state index >= 15 is 0 Å². The van der Waals surface area contributed by atoms with Crippen molar-refractivity contribution in [3.8, 4) is 11.5 Å². The number of aromatic amines is 1. The van der Waals surface area contributed by atoms with Crippen molar-refractivity contribution in [1.29, 1.82) is 0 Å². The van der Waals surface area contributed by atoms with Crippen molar-refractivity contribution in [2.45, 2.75) is 0 Å². The highest BCUT2D eigenvalue weighted by Gasteiger charge is 2.02. The Kier molecular flexibility index (Phi) is 5.02. The average Bonchev–Trinajstić information content (AvgIpc) is 2.60. The molecule has 1 aromatic heterocycles.